The van der Waals surface area contributed by atoms with Crippen LogP contribution in [0.2, 0.25) is 0 Å². The maximum atomic E-state index is 14.0. The van der Waals surface area contributed by atoms with Gasteiger partial charge >= 0.3 is 6.09 Å². The number of benzene rings is 3. The molecule has 9 nitrogen and oxygen atoms in total. The first-order valence-corrected chi connectivity index (χ1v) is 15.3. The molecule has 0 bridgehead atoms. The third-order valence-corrected chi connectivity index (χ3v) is 8.40. The second kappa shape index (κ2) is 13.6. The van der Waals surface area contributed by atoms with Crippen LogP contribution >= 0.6 is 0 Å². The predicted octanol–water partition coefficient (Wildman–Crippen LogP) is 8.13. The summed E-state index contributed by atoms with van der Waals surface area (Å²) in [5.74, 6) is 0.0573. The molecule has 0 spiro atoms. The van der Waals surface area contributed by atoms with Gasteiger partial charge in [0.1, 0.15) is 0 Å². The van der Waals surface area contributed by atoms with Crippen molar-refractivity contribution in [3.8, 4) is 0 Å². The highest BCUT2D eigenvalue weighted by molar-refractivity contribution is 6.51. The van der Waals surface area contributed by atoms with E-state index < -0.39 is 16.8 Å². The summed E-state index contributed by atoms with van der Waals surface area (Å²) in [7, 11) is 0. The van der Waals surface area contributed by atoms with E-state index in [1.54, 1.807) is 53.4 Å². The number of unbranched alkanes of at least 4 members (excludes halogenated alkanes) is 1. The van der Waals surface area contributed by atoms with Crippen molar-refractivity contribution in [1.82, 2.24) is 9.47 Å². The molecule has 1 amide bonds. The highest BCUT2D eigenvalue weighted by Crippen LogP contribution is 2.34. The van der Waals surface area contributed by atoms with Gasteiger partial charge in [0, 0.05) is 64.7 Å². The molecule has 0 N–H and O–H groups in total. The molecule has 1 aliphatic rings. The van der Waals surface area contributed by atoms with Gasteiger partial charge in [0.15, 0.2) is 5.71 Å². The minimum atomic E-state index is -0.569. The van der Waals surface area contributed by atoms with Gasteiger partial charge in [-0.25, -0.2) is 4.79 Å². The minimum Gasteiger partial charge on any atom is -0.340 e. The quantitative estimate of drug-likeness (QED) is 0.0583. The van der Waals surface area contributed by atoms with Gasteiger partial charge < -0.3 is 9.47 Å². The molecule has 2 heterocycles. The highest BCUT2D eigenvalue weighted by atomic mass is 16.7. The molecule has 9 heteroatoms. The van der Waals surface area contributed by atoms with Crippen LogP contribution in [-0.4, -0.2) is 45.1 Å². The highest BCUT2D eigenvalue weighted by Gasteiger charge is 2.23. The summed E-state index contributed by atoms with van der Waals surface area (Å²) >= 11 is 0. The Hall–Kier alpha value is -4.53. The van der Waals surface area contributed by atoms with Crippen LogP contribution in [-0.2, 0) is 11.4 Å². The van der Waals surface area contributed by atoms with Crippen LogP contribution in [0.3, 0.4) is 0 Å². The molecule has 43 heavy (non-hydrogen) atoms. The molecule has 0 aliphatic carbocycles. The Morgan fingerprint density at radius 2 is 1.63 bits per heavy atom. The number of rotatable bonds is 11. The van der Waals surface area contributed by atoms with E-state index in [0.29, 0.717) is 30.1 Å². The molecular formula is C34H38N4O5. The van der Waals surface area contributed by atoms with Gasteiger partial charge in [0.25, 0.3) is 5.69 Å². The first-order valence-electron chi connectivity index (χ1n) is 15.3. The number of fused-ring (bicyclic) bond motifs is 3. The fourth-order valence-electron chi connectivity index (χ4n) is 5.90. The summed E-state index contributed by atoms with van der Waals surface area (Å²) in [6, 6.07) is 19.3. The molecule has 3 aromatic carbocycles. The Morgan fingerprint density at radius 1 is 0.930 bits per heavy atom. The number of ketones is 1. The van der Waals surface area contributed by atoms with Crippen LogP contribution in [0, 0.1) is 16.0 Å². The van der Waals surface area contributed by atoms with Crippen molar-refractivity contribution in [2.24, 2.45) is 11.1 Å². The van der Waals surface area contributed by atoms with E-state index in [2.05, 4.69) is 23.6 Å². The summed E-state index contributed by atoms with van der Waals surface area (Å²) in [6.07, 6.45) is 6.71. The first kappa shape index (κ1) is 29.9. The fourth-order valence-corrected chi connectivity index (χ4v) is 5.90. The number of oxime groups is 1. The monoisotopic (exact) mass is 582 g/mol. The lowest BCUT2D eigenvalue weighted by Crippen LogP contribution is -2.35. The van der Waals surface area contributed by atoms with Crippen molar-refractivity contribution >= 4 is 45.1 Å². The van der Waals surface area contributed by atoms with Crippen molar-refractivity contribution in [1.29, 1.82) is 0 Å². The lowest BCUT2D eigenvalue weighted by molar-refractivity contribution is -0.384. The minimum absolute atomic E-state index is 0.00235. The third kappa shape index (κ3) is 6.61. The van der Waals surface area contributed by atoms with E-state index in [0.717, 1.165) is 73.3 Å². The molecule has 224 valence electrons. The predicted molar refractivity (Wildman–Crippen MR) is 169 cm³/mol. The standard InChI is InChI=1S/C34H38N4O5/c1-3-5-12-24(4-2)23-37-30-17-15-26(21-28(30)29-22-27(38(41)42)16-18-31(29)37)33(39)32(25-13-8-6-9-14-25)35-43-34(40)36-19-10-7-11-20-36/h6,8-9,13-18,21-22,24H,3-5,7,10-12,19-20,23H2,1-2H3/b35-32+. The zero-order valence-corrected chi connectivity index (χ0v) is 24.8. The summed E-state index contributed by atoms with van der Waals surface area (Å²) in [4.78, 5) is 44.9. The van der Waals surface area contributed by atoms with Crippen LogP contribution in [0.4, 0.5) is 10.5 Å². The van der Waals surface area contributed by atoms with Gasteiger partial charge in [-0.3, -0.25) is 19.7 Å². The average Bonchev–Trinajstić information content (AvgIpc) is 3.35. The molecule has 0 radical (unpaired) electrons. The van der Waals surface area contributed by atoms with Gasteiger partial charge in [0.2, 0.25) is 5.78 Å². The number of Topliss-reactive ketones (excluding diaryl/α,β-unsaturated/α-hetero) is 1. The zero-order valence-electron chi connectivity index (χ0n) is 24.8. The van der Waals surface area contributed by atoms with Crippen LogP contribution in [0.15, 0.2) is 71.9 Å². The molecule has 1 atom stereocenters. The number of carbonyl (C=O) groups is 2. The third-order valence-electron chi connectivity index (χ3n) is 8.40. The maximum absolute atomic E-state index is 14.0. The number of nitrogens with zero attached hydrogens (tertiary/aromatic N) is 4. The molecule has 0 saturated carbocycles. The second-order valence-corrected chi connectivity index (χ2v) is 11.3. The van der Waals surface area contributed by atoms with E-state index in [9.17, 15) is 19.7 Å². The van der Waals surface area contributed by atoms with Gasteiger partial charge in [-0.15, -0.1) is 0 Å². The molecule has 5 rings (SSSR count). The molecule has 4 aromatic rings. The second-order valence-electron chi connectivity index (χ2n) is 11.3. The van der Waals surface area contributed by atoms with Crippen molar-refractivity contribution in [3.05, 3.63) is 88.0 Å². The van der Waals surface area contributed by atoms with E-state index >= 15 is 0 Å². The molecule has 1 aromatic heterocycles. The molecular weight excluding hydrogens is 544 g/mol. The number of likely N-dealkylation sites (tertiary alicyclic amines) is 1. The molecule has 1 unspecified atom stereocenters. The zero-order chi connectivity index (χ0) is 30.3. The lowest BCUT2D eigenvalue weighted by Gasteiger charge is -2.24. The van der Waals surface area contributed by atoms with Crippen LogP contribution < -0.4 is 0 Å². The van der Waals surface area contributed by atoms with Gasteiger partial charge in [-0.2, -0.15) is 0 Å². The van der Waals surface area contributed by atoms with Gasteiger partial charge in [0.05, 0.1) is 4.92 Å². The van der Waals surface area contributed by atoms with Crippen molar-refractivity contribution < 1.29 is 19.3 Å². The normalized spacial score (nSPS) is 14.7. The Morgan fingerprint density at radius 3 is 2.30 bits per heavy atom. The number of aromatic nitrogens is 1. The number of hydrogen-bond acceptors (Lipinski definition) is 6. The van der Waals surface area contributed by atoms with Crippen molar-refractivity contribution in [3.63, 3.8) is 0 Å². The number of piperidine rings is 1. The van der Waals surface area contributed by atoms with E-state index in [1.807, 2.05) is 12.1 Å². The topological polar surface area (TPSA) is 107 Å². The number of carbonyl (C=O) groups excluding carboxylic acids is 2. The van der Waals surface area contributed by atoms with Gasteiger partial charge in [-0.05, 0) is 55.9 Å². The summed E-state index contributed by atoms with van der Waals surface area (Å²) in [5, 5.41) is 17.2. The number of nitro benzene ring substituents is 1. The van der Waals surface area contributed by atoms with E-state index in [4.69, 9.17) is 4.84 Å². The Balaban J connectivity index is 1.57. The first-order chi connectivity index (χ1) is 20.9. The summed E-state index contributed by atoms with van der Waals surface area (Å²) in [5.41, 5.74) is 2.71. The van der Waals surface area contributed by atoms with Crippen LogP contribution in [0.1, 0.15) is 74.7 Å². The number of nitro groups is 1. The Kier molecular flexibility index (Phi) is 9.49. The van der Waals surface area contributed by atoms with Gasteiger partial charge in [-0.1, -0.05) is 68.6 Å². The fraction of sp³-hybridized carbons (Fsp3) is 0.382. The Labute approximate surface area is 251 Å². The van der Waals surface area contributed by atoms with Crippen molar-refractivity contribution in [2.45, 2.75) is 65.3 Å². The maximum Gasteiger partial charge on any atom is 0.435 e. The van der Waals surface area contributed by atoms with E-state index in [-0.39, 0.29) is 11.4 Å². The largest absolute Gasteiger partial charge is 0.435 e. The van der Waals surface area contributed by atoms with Crippen LogP contribution in [0.25, 0.3) is 21.8 Å². The van der Waals surface area contributed by atoms with E-state index in [1.165, 1.54) is 6.07 Å². The Bertz CT molecular complexity index is 1650. The number of amides is 1. The molecule has 1 fully saturated rings. The smallest absolute Gasteiger partial charge is 0.340 e. The van der Waals surface area contributed by atoms with Crippen molar-refractivity contribution in [2.75, 3.05) is 13.1 Å². The average molecular weight is 583 g/mol. The summed E-state index contributed by atoms with van der Waals surface area (Å²) in [6.45, 7) is 6.37. The van der Waals surface area contributed by atoms with Crippen LogP contribution in [0.5, 0.6) is 0 Å². The number of non-ortho nitro benzene ring substituents is 1. The SMILES string of the molecule is CCCCC(CC)Cn1c2ccc(C(=O)/C(=N/OC(=O)N3CCCCC3)c3ccccc3)cc2c2cc([N+](=O)[O-])ccc21. The number of hydrogen-bond donors (Lipinski definition) is 0. The summed E-state index contributed by atoms with van der Waals surface area (Å²) < 4.78 is 2.22. The molecule has 1 aliphatic heterocycles. The molecule has 1 saturated heterocycles. The lowest BCUT2D eigenvalue weighted by atomic mass is 9.98.